The van der Waals surface area contributed by atoms with Crippen molar-refractivity contribution in [2.45, 2.75) is 19.4 Å². The third kappa shape index (κ3) is 5.52. The van der Waals surface area contributed by atoms with Gasteiger partial charge in [-0.15, -0.1) is 0 Å². The number of hydrogen-bond acceptors (Lipinski definition) is 7. The van der Waals surface area contributed by atoms with Gasteiger partial charge in [0.05, 0.1) is 37.0 Å². The van der Waals surface area contributed by atoms with E-state index < -0.39 is 23.5 Å². The number of hydrogen-bond donors (Lipinski definition) is 2. The summed E-state index contributed by atoms with van der Waals surface area (Å²) in [7, 11) is 0. The molecule has 0 radical (unpaired) electrons. The Morgan fingerprint density at radius 3 is 2.66 bits per heavy atom. The number of ketones is 1. The highest BCUT2D eigenvalue weighted by molar-refractivity contribution is 9.10. The van der Waals surface area contributed by atoms with Gasteiger partial charge in [0.15, 0.2) is 0 Å². The summed E-state index contributed by atoms with van der Waals surface area (Å²) in [6, 6.07) is 10.9. The lowest BCUT2D eigenvalue weighted by Crippen LogP contribution is -2.38. The molecule has 0 bridgehead atoms. The van der Waals surface area contributed by atoms with E-state index in [2.05, 4.69) is 20.8 Å². The van der Waals surface area contributed by atoms with Crippen LogP contribution in [0.1, 0.15) is 30.5 Å². The summed E-state index contributed by atoms with van der Waals surface area (Å²) in [4.78, 5) is 30.2. The summed E-state index contributed by atoms with van der Waals surface area (Å²) in [5.74, 6) is -1.44. The van der Waals surface area contributed by atoms with E-state index in [1.807, 2.05) is 13.0 Å². The van der Waals surface area contributed by atoms with Gasteiger partial charge in [0.2, 0.25) is 0 Å². The fourth-order valence-corrected chi connectivity index (χ4v) is 4.89. The van der Waals surface area contributed by atoms with Gasteiger partial charge in [0.25, 0.3) is 11.7 Å². The Kier molecular flexibility index (Phi) is 8.10. The number of likely N-dealkylation sites (tertiary alicyclic amines) is 1. The minimum atomic E-state index is -0.807. The van der Waals surface area contributed by atoms with E-state index in [0.29, 0.717) is 48.6 Å². The predicted octanol–water partition coefficient (Wildman–Crippen LogP) is 3.70. The Morgan fingerprint density at radius 2 is 1.91 bits per heavy atom. The number of halogens is 1. The molecule has 0 saturated carbocycles. The molecule has 2 N–H and O–H groups in total. The standard InChI is InChI=1S/C26H29BrN2O6/c1-2-35-19-6-3-5-17(15-19)23-22(24(31)20-16-18(27)7-8-21(20)30)25(32)26(33)29(23)10-4-9-28-11-13-34-14-12-28/h3,5-8,15-16,23,30-31H,2,4,9-14H2,1H3/t23-/m0/s1. The van der Waals surface area contributed by atoms with Crippen molar-refractivity contribution in [1.82, 2.24) is 9.80 Å². The monoisotopic (exact) mass is 544 g/mol. The van der Waals surface area contributed by atoms with E-state index >= 15 is 0 Å². The summed E-state index contributed by atoms with van der Waals surface area (Å²) in [5.41, 5.74) is 0.678. The molecule has 186 valence electrons. The van der Waals surface area contributed by atoms with Crippen LogP contribution in [0.2, 0.25) is 0 Å². The number of phenolic OH excluding ortho intramolecular Hbond substituents is 1. The fraction of sp³-hybridized carbons (Fsp3) is 0.385. The highest BCUT2D eigenvalue weighted by Gasteiger charge is 2.46. The average Bonchev–Trinajstić information content (AvgIpc) is 3.11. The number of nitrogens with zero attached hydrogens (tertiary/aromatic N) is 2. The first kappa shape index (κ1) is 25.2. The maximum Gasteiger partial charge on any atom is 0.295 e. The molecule has 2 fully saturated rings. The molecule has 0 aliphatic carbocycles. The van der Waals surface area contributed by atoms with Gasteiger partial charge in [-0.1, -0.05) is 28.1 Å². The van der Waals surface area contributed by atoms with Crippen LogP contribution in [0.5, 0.6) is 11.5 Å². The minimum Gasteiger partial charge on any atom is -0.507 e. The van der Waals surface area contributed by atoms with Crippen LogP contribution in [0.3, 0.4) is 0 Å². The van der Waals surface area contributed by atoms with E-state index in [9.17, 15) is 19.8 Å². The van der Waals surface area contributed by atoms with Crippen LogP contribution in [0.4, 0.5) is 0 Å². The van der Waals surface area contributed by atoms with E-state index in [4.69, 9.17) is 9.47 Å². The van der Waals surface area contributed by atoms with Crippen LogP contribution < -0.4 is 4.74 Å². The van der Waals surface area contributed by atoms with Crippen LogP contribution in [-0.4, -0.2) is 77.7 Å². The number of aliphatic hydroxyl groups is 1. The molecular weight excluding hydrogens is 516 g/mol. The van der Waals surface area contributed by atoms with Gasteiger partial charge in [0, 0.05) is 30.7 Å². The quantitative estimate of drug-likeness (QED) is 0.297. The highest BCUT2D eigenvalue weighted by atomic mass is 79.9. The second-order valence-corrected chi connectivity index (χ2v) is 9.38. The molecule has 9 heteroatoms. The van der Waals surface area contributed by atoms with Gasteiger partial charge >= 0.3 is 0 Å². The van der Waals surface area contributed by atoms with Gasteiger partial charge in [-0.2, -0.15) is 0 Å². The molecular formula is C26H29BrN2O6. The number of amides is 1. The molecule has 2 aliphatic heterocycles. The Morgan fingerprint density at radius 1 is 1.14 bits per heavy atom. The predicted molar refractivity (Wildman–Crippen MR) is 134 cm³/mol. The van der Waals surface area contributed by atoms with Crippen molar-refractivity contribution < 1.29 is 29.3 Å². The smallest absolute Gasteiger partial charge is 0.295 e. The van der Waals surface area contributed by atoms with Gasteiger partial charge in [-0.25, -0.2) is 0 Å². The molecule has 2 heterocycles. The van der Waals surface area contributed by atoms with Gasteiger partial charge in [-0.3, -0.25) is 14.5 Å². The summed E-state index contributed by atoms with van der Waals surface area (Å²) in [6.45, 7) is 6.49. The van der Waals surface area contributed by atoms with E-state index in [0.717, 1.165) is 19.6 Å². The van der Waals surface area contributed by atoms with Gasteiger partial charge in [0.1, 0.15) is 17.3 Å². The number of phenols is 1. The first-order valence-corrected chi connectivity index (χ1v) is 12.5. The van der Waals surface area contributed by atoms with Crippen LogP contribution >= 0.6 is 15.9 Å². The van der Waals surface area contributed by atoms with E-state index in [1.165, 1.54) is 17.0 Å². The SMILES string of the molecule is CCOc1cccc([C@H]2C(=C(O)c3cc(Br)ccc3O)C(=O)C(=O)N2CCCN2CCOCC2)c1. The maximum absolute atomic E-state index is 13.2. The Balaban J connectivity index is 1.72. The third-order valence-corrected chi connectivity index (χ3v) is 6.71. The molecule has 2 aromatic rings. The van der Waals surface area contributed by atoms with Crippen molar-refractivity contribution in [2.24, 2.45) is 0 Å². The van der Waals surface area contributed by atoms with Crippen LogP contribution in [0, 0.1) is 0 Å². The topological polar surface area (TPSA) is 99.5 Å². The molecule has 35 heavy (non-hydrogen) atoms. The Labute approximate surface area is 212 Å². The first-order chi connectivity index (χ1) is 16.9. The molecule has 1 atom stereocenters. The van der Waals surface area contributed by atoms with Crippen molar-refractivity contribution >= 4 is 33.4 Å². The van der Waals surface area contributed by atoms with Crippen molar-refractivity contribution in [3.63, 3.8) is 0 Å². The molecule has 0 unspecified atom stereocenters. The number of morpholine rings is 1. The second kappa shape index (κ2) is 11.2. The Hall–Kier alpha value is -2.88. The van der Waals surface area contributed by atoms with E-state index in [-0.39, 0.29) is 16.9 Å². The number of rotatable bonds is 8. The Bertz CT molecular complexity index is 1130. The molecule has 0 spiro atoms. The molecule has 4 rings (SSSR count). The average molecular weight is 545 g/mol. The largest absolute Gasteiger partial charge is 0.507 e. The molecule has 0 aromatic heterocycles. The lowest BCUT2D eigenvalue weighted by atomic mass is 9.95. The zero-order valence-electron chi connectivity index (χ0n) is 19.6. The van der Waals surface area contributed by atoms with E-state index in [1.54, 1.807) is 24.3 Å². The first-order valence-electron chi connectivity index (χ1n) is 11.7. The van der Waals surface area contributed by atoms with Gasteiger partial charge in [-0.05, 0) is 49.2 Å². The maximum atomic E-state index is 13.2. The summed E-state index contributed by atoms with van der Waals surface area (Å²) < 4.78 is 11.7. The summed E-state index contributed by atoms with van der Waals surface area (Å²) >= 11 is 3.33. The summed E-state index contributed by atoms with van der Waals surface area (Å²) in [5, 5.41) is 21.6. The lowest BCUT2D eigenvalue weighted by Gasteiger charge is -2.29. The molecule has 2 aliphatic rings. The molecule has 1 amide bonds. The minimum absolute atomic E-state index is 0.0524. The molecule has 2 aromatic carbocycles. The lowest BCUT2D eigenvalue weighted by molar-refractivity contribution is -0.140. The van der Waals surface area contributed by atoms with Crippen molar-refractivity contribution in [3.8, 4) is 11.5 Å². The highest BCUT2D eigenvalue weighted by Crippen LogP contribution is 2.42. The van der Waals surface area contributed by atoms with Crippen LogP contribution in [0.15, 0.2) is 52.5 Å². The summed E-state index contributed by atoms with van der Waals surface area (Å²) in [6.07, 6.45) is 0.664. The number of carbonyl (C=O) groups excluding carboxylic acids is 2. The zero-order valence-corrected chi connectivity index (χ0v) is 21.2. The fourth-order valence-electron chi connectivity index (χ4n) is 4.53. The number of aliphatic hydroxyl groups excluding tert-OH is 1. The number of aromatic hydroxyl groups is 1. The zero-order chi connectivity index (χ0) is 24.9. The normalized spacial score (nSPS) is 20.4. The molecule has 2 saturated heterocycles. The molecule has 8 nitrogen and oxygen atoms in total. The third-order valence-electron chi connectivity index (χ3n) is 6.22. The van der Waals surface area contributed by atoms with Crippen molar-refractivity contribution in [1.29, 1.82) is 0 Å². The number of Topliss-reactive ketones (excluding diaryl/α,β-unsaturated/α-hetero) is 1. The number of benzene rings is 2. The number of ether oxygens (including phenoxy) is 2. The van der Waals surface area contributed by atoms with Crippen LogP contribution in [-0.2, 0) is 14.3 Å². The van der Waals surface area contributed by atoms with Crippen molar-refractivity contribution in [2.75, 3.05) is 46.0 Å². The van der Waals surface area contributed by atoms with Gasteiger partial charge < -0.3 is 24.6 Å². The second-order valence-electron chi connectivity index (χ2n) is 8.47. The van der Waals surface area contributed by atoms with Crippen LogP contribution in [0.25, 0.3) is 5.76 Å². The van der Waals surface area contributed by atoms with Crippen molar-refractivity contribution in [3.05, 3.63) is 63.6 Å². The number of carbonyl (C=O) groups is 2.